The molecule has 0 fully saturated rings. The van der Waals surface area contributed by atoms with Crippen molar-refractivity contribution in [3.63, 3.8) is 0 Å². The van der Waals surface area contributed by atoms with Gasteiger partial charge in [0, 0.05) is 21.5 Å². The highest BCUT2D eigenvalue weighted by Gasteiger charge is 2.24. The molecular formula is C36H24N4. The first-order chi connectivity index (χ1) is 19.8. The van der Waals surface area contributed by atoms with E-state index in [1.807, 2.05) is 24.3 Å². The van der Waals surface area contributed by atoms with E-state index < -0.39 is 0 Å². The summed E-state index contributed by atoms with van der Waals surface area (Å²) in [4.78, 5) is 0. The second-order valence-electron chi connectivity index (χ2n) is 10.2. The number of fused-ring (bicyclic) bond motifs is 6. The molecule has 0 bridgehead atoms. The van der Waals surface area contributed by atoms with Crippen molar-refractivity contribution in [1.82, 2.24) is 14.5 Å². The topological polar surface area (TPSA) is 45.7 Å². The molecule has 1 aliphatic rings. The van der Waals surface area contributed by atoms with E-state index in [0.717, 1.165) is 28.0 Å². The Hall–Kier alpha value is -5.53. The maximum atomic E-state index is 9.38. The van der Waals surface area contributed by atoms with Gasteiger partial charge >= 0.3 is 0 Å². The number of rotatable bonds is 3. The molecule has 5 aromatic carbocycles. The van der Waals surface area contributed by atoms with E-state index in [0.29, 0.717) is 5.56 Å². The molecule has 0 saturated carbocycles. The molecule has 0 amide bonds. The molecular weight excluding hydrogens is 488 g/mol. The maximum absolute atomic E-state index is 9.38. The number of para-hydroxylation sites is 4. The summed E-state index contributed by atoms with van der Waals surface area (Å²) in [7, 11) is 0. The molecule has 0 saturated heterocycles. The van der Waals surface area contributed by atoms with Crippen LogP contribution in [0.4, 0.5) is 0 Å². The van der Waals surface area contributed by atoms with Crippen LogP contribution in [0.5, 0.6) is 0 Å². The molecule has 0 aliphatic carbocycles. The van der Waals surface area contributed by atoms with Gasteiger partial charge in [-0.15, -0.1) is 0 Å². The Kier molecular flexibility index (Phi) is 4.92. The summed E-state index contributed by atoms with van der Waals surface area (Å²) >= 11 is 0. The predicted molar refractivity (Wildman–Crippen MR) is 164 cm³/mol. The van der Waals surface area contributed by atoms with Crippen LogP contribution in [-0.2, 0) is 0 Å². The Morgan fingerprint density at radius 1 is 0.575 bits per heavy atom. The lowest BCUT2D eigenvalue weighted by Gasteiger charge is -2.28. The van der Waals surface area contributed by atoms with E-state index in [-0.39, 0.29) is 6.17 Å². The maximum Gasteiger partial charge on any atom is 0.125 e. The summed E-state index contributed by atoms with van der Waals surface area (Å²) in [6.07, 6.45) is 4.37. The fraction of sp³-hybridized carbons (Fsp3) is 0.0278. The van der Waals surface area contributed by atoms with Crippen molar-refractivity contribution < 1.29 is 0 Å². The van der Waals surface area contributed by atoms with Crippen LogP contribution in [0.25, 0.3) is 55.0 Å². The van der Waals surface area contributed by atoms with Crippen LogP contribution in [0.2, 0.25) is 0 Å². The van der Waals surface area contributed by atoms with Crippen molar-refractivity contribution in [2.24, 2.45) is 0 Å². The Morgan fingerprint density at radius 3 is 1.57 bits per heavy atom. The van der Waals surface area contributed by atoms with Crippen molar-refractivity contribution in [1.29, 1.82) is 5.26 Å². The van der Waals surface area contributed by atoms with E-state index in [1.54, 1.807) is 0 Å². The molecule has 1 N–H and O–H groups in total. The van der Waals surface area contributed by atoms with E-state index in [2.05, 4.69) is 130 Å². The van der Waals surface area contributed by atoms with Crippen LogP contribution >= 0.6 is 0 Å². The standard InChI is InChI=1S/C36H24N4/c37-23-24-17-19-25(20-18-24)26-21-35(39-31-13-5-1-9-27(31)28-10-2-6-14-32(28)39)38-36(22-26)40-33-15-7-3-11-29(33)30-12-4-8-16-34(30)40/h1-22,35,38H. The highest BCUT2D eigenvalue weighted by molar-refractivity contribution is 6.11. The highest BCUT2D eigenvalue weighted by Crippen LogP contribution is 2.38. The van der Waals surface area contributed by atoms with Gasteiger partial charge in [0.25, 0.3) is 0 Å². The van der Waals surface area contributed by atoms with Gasteiger partial charge in [-0.05, 0) is 59.7 Å². The van der Waals surface area contributed by atoms with Crippen LogP contribution < -0.4 is 5.32 Å². The van der Waals surface area contributed by atoms with Gasteiger partial charge in [-0.2, -0.15) is 5.26 Å². The number of benzene rings is 5. The third kappa shape index (κ3) is 3.32. The van der Waals surface area contributed by atoms with E-state index in [1.165, 1.54) is 32.6 Å². The van der Waals surface area contributed by atoms with Gasteiger partial charge in [0.05, 0.1) is 33.7 Å². The molecule has 188 valence electrons. The molecule has 1 aliphatic heterocycles. The second kappa shape index (κ2) is 8.76. The minimum Gasteiger partial charge on any atom is -0.347 e. The molecule has 7 aromatic rings. The lowest BCUT2D eigenvalue weighted by molar-refractivity contribution is 0.579. The summed E-state index contributed by atoms with van der Waals surface area (Å²) in [6.45, 7) is 0. The van der Waals surface area contributed by atoms with Gasteiger partial charge < -0.3 is 9.88 Å². The highest BCUT2D eigenvalue weighted by atomic mass is 15.3. The number of hydrogen-bond acceptors (Lipinski definition) is 2. The van der Waals surface area contributed by atoms with E-state index in [9.17, 15) is 5.26 Å². The summed E-state index contributed by atoms with van der Waals surface area (Å²) in [5.74, 6) is 1.01. The zero-order chi connectivity index (χ0) is 26.6. The number of dihydropyridines is 1. The summed E-state index contributed by atoms with van der Waals surface area (Å²) in [5.41, 5.74) is 7.51. The van der Waals surface area contributed by atoms with Gasteiger partial charge in [0.15, 0.2) is 0 Å². The summed E-state index contributed by atoms with van der Waals surface area (Å²) in [6, 6.07) is 44.5. The Morgan fingerprint density at radius 2 is 1.05 bits per heavy atom. The molecule has 40 heavy (non-hydrogen) atoms. The van der Waals surface area contributed by atoms with Crippen LogP contribution in [0.3, 0.4) is 0 Å². The third-order valence-corrected chi connectivity index (χ3v) is 7.99. The van der Waals surface area contributed by atoms with Crippen LogP contribution in [0.1, 0.15) is 17.3 Å². The molecule has 1 atom stereocenters. The molecule has 4 heteroatoms. The second-order valence-corrected chi connectivity index (χ2v) is 10.2. The van der Waals surface area contributed by atoms with Crippen LogP contribution in [0.15, 0.2) is 133 Å². The lowest BCUT2D eigenvalue weighted by Crippen LogP contribution is -2.29. The van der Waals surface area contributed by atoms with E-state index in [4.69, 9.17) is 0 Å². The SMILES string of the molecule is N#Cc1ccc(C2=CC(n3c4ccccc4c4ccccc43)NC(n3c4ccccc4c4ccccc43)=C2)cc1. The van der Waals surface area contributed by atoms with Crippen molar-refractivity contribution in [3.05, 3.63) is 145 Å². The summed E-state index contributed by atoms with van der Waals surface area (Å²) < 4.78 is 4.73. The zero-order valence-electron chi connectivity index (χ0n) is 21.6. The molecule has 0 radical (unpaired) electrons. The zero-order valence-corrected chi connectivity index (χ0v) is 21.6. The largest absolute Gasteiger partial charge is 0.347 e. The van der Waals surface area contributed by atoms with Crippen molar-refractivity contribution in [3.8, 4) is 6.07 Å². The predicted octanol–water partition coefficient (Wildman–Crippen LogP) is 8.46. The minimum atomic E-state index is -0.143. The van der Waals surface area contributed by atoms with Gasteiger partial charge in [0.1, 0.15) is 12.0 Å². The minimum absolute atomic E-state index is 0.143. The fourth-order valence-corrected chi connectivity index (χ4v) is 6.22. The Bertz CT molecular complexity index is 2090. The average molecular weight is 513 g/mol. The van der Waals surface area contributed by atoms with Crippen molar-refractivity contribution in [2.75, 3.05) is 0 Å². The lowest BCUT2D eigenvalue weighted by atomic mass is 10.0. The number of nitrogens with zero attached hydrogens (tertiary/aromatic N) is 3. The molecule has 3 heterocycles. The first-order valence-electron chi connectivity index (χ1n) is 13.5. The van der Waals surface area contributed by atoms with Gasteiger partial charge in [0.2, 0.25) is 0 Å². The molecule has 4 nitrogen and oxygen atoms in total. The number of hydrogen-bond donors (Lipinski definition) is 1. The normalized spacial score (nSPS) is 15.2. The first-order valence-corrected chi connectivity index (χ1v) is 13.5. The van der Waals surface area contributed by atoms with Gasteiger partial charge in [-0.25, -0.2) is 0 Å². The number of nitrogens with one attached hydrogen (secondary N) is 1. The molecule has 1 unspecified atom stereocenters. The number of aromatic nitrogens is 2. The third-order valence-electron chi connectivity index (χ3n) is 7.99. The quantitative estimate of drug-likeness (QED) is 0.258. The number of allylic oxidation sites excluding steroid dienone is 2. The van der Waals surface area contributed by atoms with Crippen molar-refractivity contribution in [2.45, 2.75) is 6.17 Å². The Labute approximate surface area is 231 Å². The van der Waals surface area contributed by atoms with Gasteiger partial charge in [-0.3, -0.25) is 4.57 Å². The van der Waals surface area contributed by atoms with E-state index >= 15 is 0 Å². The Balaban J connectivity index is 1.40. The number of nitriles is 1. The van der Waals surface area contributed by atoms with Crippen molar-refractivity contribution >= 4 is 55.0 Å². The smallest absolute Gasteiger partial charge is 0.125 e. The van der Waals surface area contributed by atoms with Crippen LogP contribution in [0, 0.1) is 11.3 Å². The first kappa shape index (κ1) is 22.5. The monoisotopic (exact) mass is 512 g/mol. The molecule has 8 rings (SSSR count). The summed E-state index contributed by atoms with van der Waals surface area (Å²) in [5, 5.41) is 18.2. The van der Waals surface area contributed by atoms with Gasteiger partial charge in [-0.1, -0.05) is 84.9 Å². The fourth-order valence-electron chi connectivity index (χ4n) is 6.22. The molecule has 2 aromatic heterocycles. The molecule has 0 spiro atoms. The average Bonchev–Trinajstić information content (AvgIpc) is 3.54. The van der Waals surface area contributed by atoms with Crippen LogP contribution in [-0.4, -0.2) is 9.13 Å².